The fourth-order valence-corrected chi connectivity index (χ4v) is 4.68. The van der Waals surface area contributed by atoms with Crippen molar-refractivity contribution in [2.75, 3.05) is 19.6 Å². The fourth-order valence-electron chi connectivity index (χ4n) is 4.44. The van der Waals surface area contributed by atoms with Crippen molar-refractivity contribution in [2.24, 2.45) is 11.3 Å². The van der Waals surface area contributed by atoms with Crippen LogP contribution in [0, 0.1) is 17.2 Å². The minimum Gasteiger partial charge on any atom is -0.356 e. The fraction of sp³-hybridized carbons (Fsp3) is 0.435. The largest absolute Gasteiger partial charge is 0.356 e. The molecule has 4 rings (SSSR count). The topological polar surface area (TPSA) is 62.3 Å². The Hall–Kier alpha value is -2.47. The van der Waals surface area contributed by atoms with Crippen molar-refractivity contribution < 1.29 is 14.0 Å². The first-order chi connectivity index (χ1) is 14.5. The molecule has 158 valence electrons. The van der Waals surface area contributed by atoms with Gasteiger partial charge in [0.25, 0.3) is 5.91 Å². The maximum Gasteiger partial charge on any atom is 0.255 e. The first kappa shape index (κ1) is 20.8. The quantitative estimate of drug-likeness (QED) is 0.709. The van der Waals surface area contributed by atoms with Crippen molar-refractivity contribution in [1.82, 2.24) is 15.2 Å². The van der Waals surface area contributed by atoms with Gasteiger partial charge in [-0.05, 0) is 73.4 Å². The van der Waals surface area contributed by atoms with Crippen LogP contribution in [0.2, 0.25) is 5.02 Å². The molecule has 1 aliphatic carbocycles. The van der Waals surface area contributed by atoms with Gasteiger partial charge >= 0.3 is 0 Å². The molecule has 7 heteroatoms. The molecule has 30 heavy (non-hydrogen) atoms. The Morgan fingerprint density at radius 1 is 1.20 bits per heavy atom. The van der Waals surface area contributed by atoms with Crippen molar-refractivity contribution in [2.45, 2.75) is 32.1 Å². The summed E-state index contributed by atoms with van der Waals surface area (Å²) >= 11 is 6.03. The zero-order valence-corrected chi connectivity index (χ0v) is 17.5. The number of likely N-dealkylation sites (tertiary alicyclic amines) is 1. The predicted octanol–water partition coefficient (Wildman–Crippen LogP) is 3.87. The number of hydrogen-bond donors (Lipinski definition) is 1. The summed E-state index contributed by atoms with van der Waals surface area (Å²) in [5, 5.41) is 3.21. The van der Waals surface area contributed by atoms with E-state index in [2.05, 4.69) is 10.3 Å². The number of benzene rings is 1. The molecule has 2 amide bonds. The molecule has 2 fully saturated rings. The Balaban J connectivity index is 1.22. The number of carbonyl (C=O) groups is 2. The van der Waals surface area contributed by atoms with Gasteiger partial charge in [-0.1, -0.05) is 11.6 Å². The predicted molar refractivity (Wildman–Crippen MR) is 113 cm³/mol. The number of piperidine rings is 1. The van der Waals surface area contributed by atoms with Crippen LogP contribution in [0.5, 0.6) is 0 Å². The Bertz CT molecular complexity index is 929. The molecule has 1 saturated heterocycles. The molecular formula is C23H25ClFN3O2. The molecule has 1 saturated carbocycles. The van der Waals surface area contributed by atoms with E-state index in [0.717, 1.165) is 38.2 Å². The van der Waals surface area contributed by atoms with E-state index in [1.54, 1.807) is 17.3 Å². The standard InChI is InChI=1S/C23H25ClFN3O2/c24-20-14-17(25)3-4-18(20)22(30)28-12-7-23(8-13-28)15-19(23)21(29)27-9-1-2-16-5-10-26-11-6-16/h3-6,10-11,14,19H,1-2,7-9,12-13,15H2,(H,27,29)/t19-/m0/s1. The number of pyridine rings is 1. The second kappa shape index (κ2) is 8.72. The van der Waals surface area contributed by atoms with Crippen LogP contribution in [-0.4, -0.2) is 41.3 Å². The van der Waals surface area contributed by atoms with Crippen LogP contribution in [0.1, 0.15) is 41.6 Å². The highest BCUT2D eigenvalue weighted by Crippen LogP contribution is 2.59. The SMILES string of the molecule is O=C(NCCCc1ccncc1)[C@@H]1CC12CCN(C(=O)c1ccc(F)cc1Cl)CC2. The summed E-state index contributed by atoms with van der Waals surface area (Å²) in [4.78, 5) is 31.0. The van der Waals surface area contributed by atoms with Gasteiger partial charge in [-0.2, -0.15) is 0 Å². The van der Waals surface area contributed by atoms with Crippen molar-refractivity contribution in [3.05, 3.63) is 64.7 Å². The third-order valence-corrected chi connectivity index (χ3v) is 6.72. The third-order valence-electron chi connectivity index (χ3n) is 6.41. The average Bonchev–Trinajstić information content (AvgIpc) is 3.45. The highest BCUT2D eigenvalue weighted by molar-refractivity contribution is 6.33. The Morgan fingerprint density at radius 3 is 2.63 bits per heavy atom. The van der Waals surface area contributed by atoms with Crippen molar-refractivity contribution >= 4 is 23.4 Å². The molecule has 1 aromatic carbocycles. The summed E-state index contributed by atoms with van der Waals surface area (Å²) in [7, 11) is 0. The van der Waals surface area contributed by atoms with E-state index >= 15 is 0 Å². The van der Waals surface area contributed by atoms with Gasteiger partial charge in [0, 0.05) is 37.9 Å². The molecule has 2 aliphatic rings. The zero-order chi connectivity index (χ0) is 21.1. The minimum atomic E-state index is -0.457. The lowest BCUT2D eigenvalue weighted by molar-refractivity contribution is -0.123. The van der Waals surface area contributed by atoms with Gasteiger partial charge in [-0.3, -0.25) is 14.6 Å². The summed E-state index contributed by atoms with van der Waals surface area (Å²) < 4.78 is 13.2. The molecule has 1 atom stereocenters. The van der Waals surface area contributed by atoms with Gasteiger partial charge < -0.3 is 10.2 Å². The van der Waals surface area contributed by atoms with E-state index in [0.29, 0.717) is 25.2 Å². The summed E-state index contributed by atoms with van der Waals surface area (Å²) in [5.41, 5.74) is 1.58. The second-order valence-electron chi connectivity index (χ2n) is 8.29. The normalized spacial score (nSPS) is 19.5. The number of halogens is 2. The smallest absolute Gasteiger partial charge is 0.255 e. The average molecular weight is 430 g/mol. The van der Waals surface area contributed by atoms with Crippen LogP contribution in [0.25, 0.3) is 0 Å². The van der Waals surface area contributed by atoms with Gasteiger partial charge in [0.05, 0.1) is 10.6 Å². The van der Waals surface area contributed by atoms with Crippen molar-refractivity contribution in [3.8, 4) is 0 Å². The molecule has 1 spiro atoms. The van der Waals surface area contributed by atoms with Crippen molar-refractivity contribution in [1.29, 1.82) is 0 Å². The third kappa shape index (κ3) is 4.48. The first-order valence-corrected chi connectivity index (χ1v) is 10.8. The molecule has 2 heterocycles. The molecule has 0 bridgehead atoms. The lowest BCUT2D eigenvalue weighted by atomic mass is 9.90. The van der Waals surface area contributed by atoms with E-state index in [9.17, 15) is 14.0 Å². The summed E-state index contributed by atoms with van der Waals surface area (Å²) in [6, 6.07) is 7.83. The molecule has 1 N–H and O–H groups in total. The number of aromatic nitrogens is 1. The molecule has 1 aromatic heterocycles. The Kier molecular flexibility index (Phi) is 6.04. The maximum atomic E-state index is 13.2. The van der Waals surface area contributed by atoms with Crippen LogP contribution in [0.4, 0.5) is 4.39 Å². The second-order valence-corrected chi connectivity index (χ2v) is 8.69. The van der Waals surface area contributed by atoms with Crippen LogP contribution in [-0.2, 0) is 11.2 Å². The molecule has 0 unspecified atom stereocenters. The van der Waals surface area contributed by atoms with E-state index in [1.165, 1.54) is 17.7 Å². The van der Waals surface area contributed by atoms with Crippen LogP contribution in [0.3, 0.4) is 0 Å². The zero-order valence-electron chi connectivity index (χ0n) is 16.7. The highest BCUT2D eigenvalue weighted by Gasteiger charge is 2.58. The van der Waals surface area contributed by atoms with Gasteiger partial charge in [-0.25, -0.2) is 4.39 Å². The molecular weight excluding hydrogens is 405 g/mol. The van der Waals surface area contributed by atoms with Crippen LogP contribution >= 0.6 is 11.6 Å². The Labute approximate surface area is 180 Å². The van der Waals surface area contributed by atoms with E-state index in [4.69, 9.17) is 11.6 Å². The lowest BCUT2D eigenvalue weighted by Gasteiger charge is -2.33. The van der Waals surface area contributed by atoms with Crippen molar-refractivity contribution in [3.63, 3.8) is 0 Å². The van der Waals surface area contributed by atoms with E-state index in [1.807, 2.05) is 12.1 Å². The lowest BCUT2D eigenvalue weighted by Crippen LogP contribution is -2.40. The number of nitrogens with one attached hydrogen (secondary N) is 1. The highest BCUT2D eigenvalue weighted by atomic mass is 35.5. The van der Waals surface area contributed by atoms with Gasteiger partial charge in [0.2, 0.25) is 5.91 Å². The molecule has 0 radical (unpaired) electrons. The van der Waals surface area contributed by atoms with Gasteiger partial charge in [-0.15, -0.1) is 0 Å². The summed E-state index contributed by atoms with van der Waals surface area (Å²) in [6.45, 7) is 1.86. The number of hydrogen-bond acceptors (Lipinski definition) is 3. The number of amides is 2. The number of rotatable bonds is 6. The van der Waals surface area contributed by atoms with Crippen LogP contribution in [0.15, 0.2) is 42.7 Å². The number of aryl methyl sites for hydroxylation is 1. The van der Waals surface area contributed by atoms with Gasteiger partial charge in [0.1, 0.15) is 5.82 Å². The monoisotopic (exact) mass is 429 g/mol. The minimum absolute atomic E-state index is 0.0263. The molecule has 5 nitrogen and oxygen atoms in total. The molecule has 2 aromatic rings. The summed E-state index contributed by atoms with van der Waals surface area (Å²) in [5.74, 6) is -0.453. The Morgan fingerprint density at radius 2 is 1.93 bits per heavy atom. The number of nitrogens with zero attached hydrogens (tertiary/aromatic N) is 2. The van der Waals surface area contributed by atoms with E-state index < -0.39 is 5.82 Å². The van der Waals surface area contributed by atoms with Crippen LogP contribution < -0.4 is 5.32 Å². The van der Waals surface area contributed by atoms with Gasteiger partial charge in [0.15, 0.2) is 0 Å². The van der Waals surface area contributed by atoms with E-state index in [-0.39, 0.29) is 28.2 Å². The summed E-state index contributed by atoms with van der Waals surface area (Å²) in [6.07, 6.45) is 7.89. The first-order valence-electron chi connectivity index (χ1n) is 10.4. The molecule has 1 aliphatic heterocycles. The maximum absolute atomic E-state index is 13.2. The number of carbonyl (C=O) groups excluding carboxylic acids is 2.